The topological polar surface area (TPSA) is 47.9 Å². The lowest BCUT2D eigenvalue weighted by molar-refractivity contribution is -0.166. The second-order valence-electron chi connectivity index (χ2n) is 6.55. The number of nitrogens with zero attached hydrogens (tertiary/aromatic N) is 1. The Morgan fingerprint density at radius 1 is 1.22 bits per heavy atom. The molecule has 7 heteroatoms. The molecule has 0 N–H and O–H groups in total. The Morgan fingerprint density at radius 3 is 2.59 bits per heavy atom. The van der Waals surface area contributed by atoms with E-state index in [4.69, 9.17) is 32.8 Å². The summed E-state index contributed by atoms with van der Waals surface area (Å²) >= 11 is 12.5. The van der Waals surface area contributed by atoms with Gasteiger partial charge in [0.05, 0.1) is 17.3 Å². The summed E-state index contributed by atoms with van der Waals surface area (Å²) in [6.45, 7) is 5.45. The number of rotatable bonds is 4. The molecule has 0 amide bonds. The number of oxime groups is 1. The maximum absolute atomic E-state index is 14.6. The van der Waals surface area contributed by atoms with E-state index in [1.54, 1.807) is 32.0 Å². The summed E-state index contributed by atoms with van der Waals surface area (Å²) in [5.74, 6) is -1.01. The van der Waals surface area contributed by atoms with E-state index >= 15 is 0 Å². The first-order valence-corrected chi connectivity index (χ1v) is 9.19. The van der Waals surface area contributed by atoms with Crippen LogP contribution in [0.1, 0.15) is 31.4 Å². The van der Waals surface area contributed by atoms with Crippen molar-refractivity contribution in [1.82, 2.24) is 0 Å². The quantitative estimate of drug-likeness (QED) is 0.621. The second kappa shape index (κ2) is 7.49. The zero-order valence-corrected chi connectivity index (χ0v) is 16.6. The Labute approximate surface area is 166 Å². The number of benzene rings is 2. The predicted molar refractivity (Wildman–Crippen MR) is 104 cm³/mol. The van der Waals surface area contributed by atoms with Gasteiger partial charge < -0.3 is 9.57 Å². The molecule has 0 aliphatic carbocycles. The molecule has 2 aromatic rings. The number of hydrogen-bond acceptors (Lipinski definition) is 4. The fourth-order valence-corrected chi connectivity index (χ4v) is 3.49. The molecule has 1 atom stereocenters. The fraction of sp³-hybridized carbons (Fsp3) is 0.300. The van der Waals surface area contributed by atoms with Crippen LogP contribution in [-0.4, -0.2) is 23.9 Å². The van der Waals surface area contributed by atoms with Crippen molar-refractivity contribution >= 4 is 34.9 Å². The van der Waals surface area contributed by atoms with Crippen molar-refractivity contribution in [1.29, 1.82) is 0 Å². The van der Waals surface area contributed by atoms with Crippen LogP contribution < -0.4 is 0 Å². The molecule has 1 aliphatic heterocycles. The zero-order chi connectivity index (χ0) is 19.8. The molecule has 0 saturated carbocycles. The van der Waals surface area contributed by atoms with Crippen LogP contribution in [-0.2, 0) is 14.4 Å². The van der Waals surface area contributed by atoms with Crippen LogP contribution in [0.5, 0.6) is 0 Å². The summed E-state index contributed by atoms with van der Waals surface area (Å²) < 4.78 is 19.6. The van der Waals surface area contributed by atoms with Crippen LogP contribution in [0.4, 0.5) is 4.39 Å². The maximum Gasteiger partial charge on any atom is 0.353 e. The lowest BCUT2D eigenvalue weighted by Gasteiger charge is -2.18. The molecule has 0 bridgehead atoms. The van der Waals surface area contributed by atoms with Crippen molar-refractivity contribution in [2.24, 2.45) is 5.16 Å². The Hall–Kier alpha value is -2.11. The number of esters is 1. The van der Waals surface area contributed by atoms with Gasteiger partial charge in [0.2, 0.25) is 5.60 Å². The summed E-state index contributed by atoms with van der Waals surface area (Å²) in [4.78, 5) is 17.4. The number of carbonyl (C=O) groups is 1. The van der Waals surface area contributed by atoms with Gasteiger partial charge in [0.15, 0.2) is 0 Å². The Balaban J connectivity index is 1.99. The van der Waals surface area contributed by atoms with Gasteiger partial charge in [-0.3, -0.25) is 0 Å². The molecule has 0 aromatic heterocycles. The molecule has 0 saturated heterocycles. The minimum Gasteiger partial charge on any atom is -0.463 e. The minimum atomic E-state index is -1.23. The first-order chi connectivity index (χ1) is 12.7. The van der Waals surface area contributed by atoms with Crippen LogP contribution in [0.15, 0.2) is 35.5 Å². The van der Waals surface area contributed by atoms with Gasteiger partial charge in [0.25, 0.3) is 0 Å². The number of carbonyl (C=O) groups excluding carboxylic acids is 1. The van der Waals surface area contributed by atoms with Crippen molar-refractivity contribution in [2.45, 2.75) is 32.8 Å². The SMILES string of the molecule is CCOC(=O)C1(C)CC(c2cc(-c3ccc(C)cc3Cl)c(F)cc2Cl)=NO1. The van der Waals surface area contributed by atoms with Gasteiger partial charge in [0.1, 0.15) is 5.82 Å². The third kappa shape index (κ3) is 3.80. The van der Waals surface area contributed by atoms with E-state index in [2.05, 4.69) is 5.16 Å². The van der Waals surface area contributed by atoms with E-state index in [0.717, 1.165) is 5.56 Å². The van der Waals surface area contributed by atoms with Gasteiger partial charge in [-0.15, -0.1) is 0 Å². The minimum absolute atomic E-state index is 0.165. The lowest BCUT2D eigenvalue weighted by Crippen LogP contribution is -2.37. The van der Waals surface area contributed by atoms with Gasteiger partial charge in [-0.2, -0.15) is 0 Å². The van der Waals surface area contributed by atoms with Gasteiger partial charge >= 0.3 is 5.97 Å². The fourth-order valence-electron chi connectivity index (χ4n) is 2.89. The molecule has 4 nitrogen and oxygen atoms in total. The average molecular weight is 410 g/mol. The molecule has 3 rings (SSSR count). The highest BCUT2D eigenvalue weighted by Gasteiger charge is 2.44. The number of ether oxygens (including phenoxy) is 1. The third-order valence-electron chi connectivity index (χ3n) is 4.35. The summed E-state index contributed by atoms with van der Waals surface area (Å²) in [6, 6.07) is 8.16. The Kier molecular flexibility index (Phi) is 5.45. The van der Waals surface area contributed by atoms with E-state index in [9.17, 15) is 9.18 Å². The number of aryl methyl sites for hydroxylation is 1. The van der Waals surface area contributed by atoms with Crippen molar-refractivity contribution in [3.8, 4) is 11.1 Å². The first kappa shape index (κ1) is 19.6. The van der Waals surface area contributed by atoms with Crippen molar-refractivity contribution < 1.29 is 18.8 Å². The normalized spacial score (nSPS) is 18.8. The highest BCUT2D eigenvalue weighted by Crippen LogP contribution is 2.36. The highest BCUT2D eigenvalue weighted by molar-refractivity contribution is 6.35. The summed E-state index contributed by atoms with van der Waals surface area (Å²) in [6.07, 6.45) is 0.165. The van der Waals surface area contributed by atoms with Crippen LogP contribution in [0.2, 0.25) is 10.0 Å². The summed E-state index contributed by atoms with van der Waals surface area (Å²) in [7, 11) is 0. The molecule has 142 valence electrons. The molecule has 27 heavy (non-hydrogen) atoms. The van der Waals surface area contributed by atoms with Gasteiger partial charge in [-0.05, 0) is 44.5 Å². The zero-order valence-electron chi connectivity index (χ0n) is 15.1. The summed E-state index contributed by atoms with van der Waals surface area (Å²) in [5, 5.41) is 4.61. The molecule has 1 heterocycles. The molecule has 0 radical (unpaired) electrons. The molecular weight excluding hydrogens is 392 g/mol. The van der Waals surface area contributed by atoms with Gasteiger partial charge in [0, 0.05) is 28.1 Å². The van der Waals surface area contributed by atoms with Gasteiger partial charge in [-0.1, -0.05) is 40.5 Å². The van der Waals surface area contributed by atoms with Crippen LogP contribution in [0.3, 0.4) is 0 Å². The highest BCUT2D eigenvalue weighted by atomic mass is 35.5. The maximum atomic E-state index is 14.6. The van der Waals surface area contributed by atoms with Crippen LogP contribution >= 0.6 is 23.2 Å². The third-order valence-corrected chi connectivity index (χ3v) is 4.98. The van der Waals surface area contributed by atoms with Crippen LogP contribution in [0, 0.1) is 12.7 Å². The Bertz CT molecular complexity index is 945. The van der Waals surface area contributed by atoms with E-state index in [1.807, 2.05) is 13.0 Å². The molecule has 0 spiro atoms. The van der Waals surface area contributed by atoms with Crippen molar-refractivity contribution in [3.05, 3.63) is 57.3 Å². The molecule has 1 aliphatic rings. The standard InChI is InChI=1S/C20H18Cl2FNO3/c1-4-26-19(25)20(3)10-18(24-27-20)14-8-13(17(23)9-16(14)22)12-6-5-11(2)7-15(12)21/h5-9H,4,10H2,1-3H3. The van der Waals surface area contributed by atoms with E-state index < -0.39 is 17.4 Å². The molecular formula is C20H18Cl2FNO3. The first-order valence-electron chi connectivity index (χ1n) is 8.43. The predicted octanol–water partition coefficient (Wildman–Crippen LogP) is 5.55. The lowest BCUT2D eigenvalue weighted by atomic mass is 9.93. The Morgan fingerprint density at radius 2 is 1.93 bits per heavy atom. The largest absolute Gasteiger partial charge is 0.463 e. The number of halogens is 3. The average Bonchev–Trinajstić information content (AvgIpc) is 2.99. The van der Waals surface area contributed by atoms with Crippen molar-refractivity contribution in [3.63, 3.8) is 0 Å². The molecule has 1 unspecified atom stereocenters. The molecule has 2 aromatic carbocycles. The summed E-state index contributed by atoms with van der Waals surface area (Å²) in [5.41, 5.74) is 1.51. The smallest absolute Gasteiger partial charge is 0.353 e. The number of hydrogen-bond donors (Lipinski definition) is 0. The second-order valence-corrected chi connectivity index (χ2v) is 7.37. The van der Waals surface area contributed by atoms with Crippen LogP contribution in [0.25, 0.3) is 11.1 Å². The van der Waals surface area contributed by atoms with E-state index in [0.29, 0.717) is 27.4 Å². The van der Waals surface area contributed by atoms with E-state index in [1.165, 1.54) is 6.07 Å². The van der Waals surface area contributed by atoms with Crippen molar-refractivity contribution in [2.75, 3.05) is 6.61 Å². The van der Waals surface area contributed by atoms with Gasteiger partial charge in [-0.25, -0.2) is 9.18 Å². The van der Waals surface area contributed by atoms with E-state index in [-0.39, 0.29) is 18.1 Å². The monoisotopic (exact) mass is 409 g/mol. The molecule has 0 fully saturated rings.